The molecule has 0 aliphatic heterocycles. The van der Waals surface area contributed by atoms with Crippen LogP contribution in [0, 0.1) is 11.8 Å². The number of carbonyl (C=O) groups excluding carboxylic acids is 1. The van der Waals surface area contributed by atoms with Crippen molar-refractivity contribution < 1.29 is 4.79 Å². The Balaban J connectivity index is 2.09. The summed E-state index contributed by atoms with van der Waals surface area (Å²) in [5.74, 6) is 3.02. The second-order valence-corrected chi connectivity index (χ2v) is 5.76. The zero-order chi connectivity index (χ0) is 12.5. The van der Waals surface area contributed by atoms with Crippen molar-refractivity contribution in [3.8, 4) is 0 Å². The number of rotatable bonds is 7. The topological polar surface area (TPSA) is 55.1 Å². The van der Waals surface area contributed by atoms with Gasteiger partial charge in [-0.25, -0.2) is 0 Å². The van der Waals surface area contributed by atoms with Crippen LogP contribution in [0.1, 0.15) is 25.7 Å². The molecule has 98 valence electrons. The fourth-order valence-electron chi connectivity index (χ4n) is 2.22. The van der Waals surface area contributed by atoms with Gasteiger partial charge in [-0.3, -0.25) is 4.79 Å². The highest BCUT2D eigenvalue weighted by Crippen LogP contribution is 2.28. The second-order valence-electron chi connectivity index (χ2n) is 4.61. The van der Waals surface area contributed by atoms with Gasteiger partial charge in [0, 0.05) is 24.0 Å². The highest BCUT2D eigenvalue weighted by molar-refractivity contribution is 7.99. The number of amides is 1. The van der Waals surface area contributed by atoms with Crippen LogP contribution in [0.4, 0.5) is 0 Å². The maximum atomic E-state index is 11.9. The summed E-state index contributed by atoms with van der Waals surface area (Å²) in [5.41, 5.74) is 5.64. The first-order valence-corrected chi connectivity index (χ1v) is 7.59. The second kappa shape index (κ2) is 8.59. The fourth-order valence-corrected chi connectivity index (χ4v) is 2.80. The van der Waals surface area contributed by atoms with Gasteiger partial charge in [0.05, 0.1) is 0 Å². The smallest absolute Gasteiger partial charge is 0.223 e. The molecule has 0 unspecified atom stereocenters. The van der Waals surface area contributed by atoms with Crippen molar-refractivity contribution >= 4 is 17.7 Å². The molecule has 1 aliphatic carbocycles. The Kier molecular flexibility index (Phi) is 7.37. The van der Waals surface area contributed by atoms with Crippen LogP contribution in [-0.2, 0) is 4.79 Å². The van der Waals surface area contributed by atoms with Gasteiger partial charge in [0.2, 0.25) is 5.91 Å². The SMILES string of the molecule is C=CCSCCNC(=O)C1CCC(CN)CC1. The van der Waals surface area contributed by atoms with Crippen molar-refractivity contribution in [2.45, 2.75) is 25.7 Å². The van der Waals surface area contributed by atoms with Crippen molar-refractivity contribution in [2.75, 3.05) is 24.6 Å². The molecular weight excluding hydrogens is 232 g/mol. The Bertz CT molecular complexity index is 238. The van der Waals surface area contributed by atoms with E-state index in [-0.39, 0.29) is 11.8 Å². The molecule has 0 aromatic heterocycles. The van der Waals surface area contributed by atoms with Crippen LogP contribution >= 0.6 is 11.8 Å². The minimum absolute atomic E-state index is 0.224. The third-order valence-corrected chi connectivity index (χ3v) is 4.30. The van der Waals surface area contributed by atoms with Gasteiger partial charge >= 0.3 is 0 Å². The maximum absolute atomic E-state index is 11.9. The summed E-state index contributed by atoms with van der Waals surface area (Å²) in [7, 11) is 0. The minimum atomic E-state index is 0.224. The number of nitrogens with two attached hydrogens (primary N) is 1. The van der Waals surface area contributed by atoms with Gasteiger partial charge in [-0.15, -0.1) is 6.58 Å². The van der Waals surface area contributed by atoms with Crippen LogP contribution in [0.3, 0.4) is 0 Å². The average Bonchev–Trinajstić information content (AvgIpc) is 2.38. The van der Waals surface area contributed by atoms with Crippen molar-refractivity contribution in [1.29, 1.82) is 0 Å². The molecule has 0 bridgehead atoms. The molecule has 0 atom stereocenters. The normalized spacial score (nSPS) is 24.3. The lowest BCUT2D eigenvalue weighted by atomic mass is 9.81. The van der Waals surface area contributed by atoms with Crippen LogP contribution < -0.4 is 11.1 Å². The number of hydrogen-bond acceptors (Lipinski definition) is 3. The zero-order valence-electron chi connectivity index (χ0n) is 10.5. The van der Waals surface area contributed by atoms with E-state index in [9.17, 15) is 4.79 Å². The molecular formula is C13H24N2OS. The molecule has 3 N–H and O–H groups in total. The molecule has 4 heteroatoms. The van der Waals surface area contributed by atoms with Gasteiger partial charge in [-0.2, -0.15) is 11.8 Å². The highest BCUT2D eigenvalue weighted by Gasteiger charge is 2.25. The fraction of sp³-hybridized carbons (Fsp3) is 0.769. The molecule has 0 aromatic carbocycles. The van der Waals surface area contributed by atoms with Gasteiger partial charge in [0.25, 0.3) is 0 Å². The summed E-state index contributed by atoms with van der Waals surface area (Å²) in [5, 5.41) is 3.02. The molecule has 0 aromatic rings. The predicted molar refractivity (Wildman–Crippen MR) is 75.0 cm³/mol. The van der Waals surface area contributed by atoms with Gasteiger partial charge in [-0.05, 0) is 38.1 Å². The van der Waals surface area contributed by atoms with E-state index in [4.69, 9.17) is 5.73 Å². The van der Waals surface area contributed by atoms with E-state index in [0.717, 1.165) is 50.3 Å². The first-order chi connectivity index (χ1) is 8.27. The van der Waals surface area contributed by atoms with Gasteiger partial charge in [-0.1, -0.05) is 6.08 Å². The van der Waals surface area contributed by atoms with E-state index in [1.165, 1.54) is 0 Å². The monoisotopic (exact) mass is 256 g/mol. The van der Waals surface area contributed by atoms with E-state index in [2.05, 4.69) is 11.9 Å². The third kappa shape index (κ3) is 5.59. The largest absolute Gasteiger partial charge is 0.355 e. The molecule has 1 amide bonds. The Morgan fingerprint density at radius 2 is 2.12 bits per heavy atom. The van der Waals surface area contributed by atoms with Crippen molar-refractivity contribution in [1.82, 2.24) is 5.32 Å². The predicted octanol–water partition coefficient (Wildman–Crippen LogP) is 1.79. The highest BCUT2D eigenvalue weighted by atomic mass is 32.2. The van der Waals surface area contributed by atoms with E-state index in [1.807, 2.05) is 6.08 Å². The standard InChI is InChI=1S/C13H24N2OS/c1-2-8-17-9-7-15-13(16)12-5-3-11(10-14)4-6-12/h2,11-12H,1,3-10,14H2,(H,15,16). The Morgan fingerprint density at radius 1 is 1.41 bits per heavy atom. The first-order valence-electron chi connectivity index (χ1n) is 6.44. The van der Waals surface area contributed by atoms with Crippen LogP contribution in [0.2, 0.25) is 0 Å². The third-order valence-electron chi connectivity index (χ3n) is 3.33. The molecule has 0 spiro atoms. The summed E-state index contributed by atoms with van der Waals surface area (Å²) in [6.07, 6.45) is 6.13. The Morgan fingerprint density at radius 3 is 2.71 bits per heavy atom. The lowest BCUT2D eigenvalue weighted by Gasteiger charge is -2.26. The zero-order valence-corrected chi connectivity index (χ0v) is 11.3. The quantitative estimate of drug-likeness (QED) is 0.539. The van der Waals surface area contributed by atoms with Crippen molar-refractivity contribution in [3.05, 3.63) is 12.7 Å². The molecule has 1 saturated carbocycles. The van der Waals surface area contributed by atoms with Crippen LogP contribution in [-0.4, -0.2) is 30.5 Å². The molecule has 3 nitrogen and oxygen atoms in total. The minimum Gasteiger partial charge on any atom is -0.355 e. The lowest BCUT2D eigenvalue weighted by molar-refractivity contribution is -0.126. The van der Waals surface area contributed by atoms with Gasteiger partial charge < -0.3 is 11.1 Å². The van der Waals surface area contributed by atoms with E-state index < -0.39 is 0 Å². The van der Waals surface area contributed by atoms with Gasteiger partial charge in [0.15, 0.2) is 0 Å². The Labute approximate surface area is 109 Å². The summed E-state index contributed by atoms with van der Waals surface area (Å²) < 4.78 is 0. The first kappa shape index (κ1) is 14.6. The average molecular weight is 256 g/mol. The summed E-state index contributed by atoms with van der Waals surface area (Å²) in [6, 6.07) is 0. The van der Waals surface area contributed by atoms with Crippen molar-refractivity contribution in [2.24, 2.45) is 17.6 Å². The number of thioether (sulfide) groups is 1. The lowest BCUT2D eigenvalue weighted by Crippen LogP contribution is -2.35. The maximum Gasteiger partial charge on any atom is 0.223 e. The van der Waals surface area contributed by atoms with E-state index in [1.54, 1.807) is 11.8 Å². The molecule has 1 aliphatic rings. The molecule has 17 heavy (non-hydrogen) atoms. The van der Waals surface area contributed by atoms with E-state index >= 15 is 0 Å². The summed E-state index contributed by atoms with van der Waals surface area (Å²) in [4.78, 5) is 11.9. The summed E-state index contributed by atoms with van der Waals surface area (Å²) in [6.45, 7) is 5.21. The number of hydrogen-bond donors (Lipinski definition) is 2. The van der Waals surface area contributed by atoms with Crippen LogP contribution in [0.25, 0.3) is 0 Å². The number of carbonyl (C=O) groups is 1. The molecule has 0 heterocycles. The summed E-state index contributed by atoms with van der Waals surface area (Å²) >= 11 is 1.80. The molecule has 0 saturated heterocycles. The van der Waals surface area contributed by atoms with Crippen LogP contribution in [0.5, 0.6) is 0 Å². The van der Waals surface area contributed by atoms with Crippen LogP contribution in [0.15, 0.2) is 12.7 Å². The number of nitrogens with one attached hydrogen (secondary N) is 1. The van der Waals surface area contributed by atoms with E-state index in [0.29, 0.717) is 5.92 Å². The van der Waals surface area contributed by atoms with Gasteiger partial charge in [0.1, 0.15) is 0 Å². The van der Waals surface area contributed by atoms with Crippen molar-refractivity contribution in [3.63, 3.8) is 0 Å². The molecule has 1 rings (SSSR count). The molecule has 1 fully saturated rings. The Hall–Kier alpha value is -0.480. The molecule has 0 radical (unpaired) electrons.